The molecule has 0 unspecified atom stereocenters. The van der Waals surface area contributed by atoms with E-state index in [0.29, 0.717) is 6.42 Å². The Balaban J connectivity index is 1.97. The lowest BCUT2D eigenvalue weighted by atomic mass is 10.0. The Hall–Kier alpha value is -1.31. The molecule has 92 valence electrons. The average molecular weight is 231 g/mol. The zero-order valence-corrected chi connectivity index (χ0v) is 10.4. The van der Waals surface area contributed by atoms with E-state index in [9.17, 15) is 4.79 Å². The van der Waals surface area contributed by atoms with Crippen molar-refractivity contribution in [3.63, 3.8) is 0 Å². The van der Waals surface area contributed by atoms with E-state index in [2.05, 4.69) is 29.2 Å². The first-order chi connectivity index (χ1) is 8.42. The summed E-state index contributed by atoms with van der Waals surface area (Å²) < 4.78 is 0. The van der Waals surface area contributed by atoms with Crippen molar-refractivity contribution >= 4 is 12.0 Å². The number of carbonyl (C=O) groups excluding carboxylic acids is 1. The third-order valence-electron chi connectivity index (χ3n) is 3.46. The topological polar surface area (TPSA) is 20.3 Å². The molecule has 0 aromatic heterocycles. The molecule has 2 heteroatoms. The van der Waals surface area contributed by atoms with E-state index >= 15 is 0 Å². The molecule has 0 aliphatic carbocycles. The molecule has 1 aromatic carbocycles. The highest BCUT2D eigenvalue weighted by Gasteiger charge is 2.14. The van der Waals surface area contributed by atoms with Gasteiger partial charge in [0, 0.05) is 25.2 Å². The quantitative estimate of drug-likeness (QED) is 0.553. The van der Waals surface area contributed by atoms with Gasteiger partial charge in [0.15, 0.2) is 0 Å². The largest absolute Gasteiger partial charge is 0.371 e. The minimum Gasteiger partial charge on any atom is -0.371 e. The Morgan fingerprint density at radius 3 is 2.65 bits per heavy atom. The zero-order chi connectivity index (χ0) is 11.9. The molecule has 1 aromatic rings. The molecule has 17 heavy (non-hydrogen) atoms. The third-order valence-corrected chi connectivity index (χ3v) is 3.46. The number of hydrogen-bond donors (Lipinski definition) is 0. The maximum Gasteiger partial charge on any atom is 0.119 e. The first-order valence-corrected chi connectivity index (χ1v) is 6.68. The van der Waals surface area contributed by atoms with Crippen LogP contribution in [0.3, 0.4) is 0 Å². The van der Waals surface area contributed by atoms with Crippen LogP contribution < -0.4 is 4.90 Å². The second kappa shape index (κ2) is 6.43. The molecule has 1 aliphatic heterocycles. The van der Waals surface area contributed by atoms with E-state index < -0.39 is 0 Å². The van der Waals surface area contributed by atoms with Crippen LogP contribution in [0, 0.1) is 0 Å². The summed E-state index contributed by atoms with van der Waals surface area (Å²) in [5, 5.41) is 0. The summed E-state index contributed by atoms with van der Waals surface area (Å²) in [7, 11) is 0. The maximum atomic E-state index is 10.3. The van der Waals surface area contributed by atoms with Crippen molar-refractivity contribution in [2.45, 2.75) is 38.5 Å². The number of benzene rings is 1. The van der Waals surface area contributed by atoms with Crippen LogP contribution >= 0.6 is 0 Å². The summed E-state index contributed by atoms with van der Waals surface area (Å²) in [6.45, 7) is 2.40. The van der Waals surface area contributed by atoms with Crippen LogP contribution in [0.15, 0.2) is 24.3 Å². The second-order valence-corrected chi connectivity index (χ2v) is 4.74. The average Bonchev–Trinajstić information content (AvgIpc) is 2.89. The Morgan fingerprint density at radius 2 is 1.88 bits per heavy atom. The highest BCUT2D eigenvalue weighted by molar-refractivity contribution is 5.54. The number of carbonyl (C=O) groups is 1. The molecule has 1 fully saturated rings. The summed E-state index contributed by atoms with van der Waals surface area (Å²) in [5.74, 6) is 0. The first-order valence-electron chi connectivity index (χ1n) is 6.68. The van der Waals surface area contributed by atoms with Crippen molar-refractivity contribution in [2.75, 3.05) is 18.0 Å². The number of hydrogen-bond acceptors (Lipinski definition) is 2. The Bertz CT molecular complexity index is 356. The minimum atomic E-state index is 0.700. The molecule has 1 heterocycles. The van der Waals surface area contributed by atoms with Gasteiger partial charge in [-0.2, -0.15) is 0 Å². The number of rotatable bonds is 6. The fraction of sp³-hybridized carbons (Fsp3) is 0.533. The van der Waals surface area contributed by atoms with Crippen molar-refractivity contribution in [3.8, 4) is 0 Å². The normalized spacial score (nSPS) is 15.2. The van der Waals surface area contributed by atoms with Crippen molar-refractivity contribution in [1.82, 2.24) is 0 Å². The molecule has 0 amide bonds. The summed E-state index contributed by atoms with van der Waals surface area (Å²) in [5.41, 5.74) is 2.86. The van der Waals surface area contributed by atoms with Gasteiger partial charge in [0.25, 0.3) is 0 Å². The van der Waals surface area contributed by atoms with Crippen molar-refractivity contribution in [1.29, 1.82) is 0 Å². The molecule has 0 atom stereocenters. The predicted octanol–water partition coefficient (Wildman–Crippen LogP) is 3.20. The molecule has 2 rings (SSSR count). The minimum absolute atomic E-state index is 0.700. The van der Waals surface area contributed by atoms with Gasteiger partial charge in [0.2, 0.25) is 0 Å². The Labute approximate surface area is 104 Å². The molecule has 0 bridgehead atoms. The number of aldehydes is 1. The summed E-state index contributed by atoms with van der Waals surface area (Å²) >= 11 is 0. The lowest BCUT2D eigenvalue weighted by Crippen LogP contribution is -2.19. The SMILES string of the molecule is O=CCCCCc1ccccc1N1CCCC1. The van der Waals surface area contributed by atoms with Crippen LogP contribution in [0.1, 0.15) is 37.7 Å². The van der Waals surface area contributed by atoms with Gasteiger partial charge in [-0.15, -0.1) is 0 Å². The monoisotopic (exact) mass is 231 g/mol. The molecule has 0 N–H and O–H groups in total. The van der Waals surface area contributed by atoms with Gasteiger partial charge < -0.3 is 9.69 Å². The highest BCUT2D eigenvalue weighted by Crippen LogP contribution is 2.25. The Morgan fingerprint density at radius 1 is 1.12 bits per heavy atom. The van der Waals surface area contributed by atoms with Gasteiger partial charge in [0.05, 0.1) is 0 Å². The smallest absolute Gasteiger partial charge is 0.119 e. The number of unbranched alkanes of at least 4 members (excludes halogenated alkanes) is 2. The standard InChI is InChI=1S/C15H21NO/c17-13-7-1-2-8-14-9-3-4-10-15(14)16-11-5-6-12-16/h3-4,9-10,13H,1-2,5-8,11-12H2. The fourth-order valence-electron chi connectivity index (χ4n) is 2.53. The van der Waals surface area contributed by atoms with E-state index in [-0.39, 0.29) is 0 Å². The second-order valence-electron chi connectivity index (χ2n) is 4.74. The van der Waals surface area contributed by atoms with Crippen LogP contribution in [-0.4, -0.2) is 19.4 Å². The molecule has 1 aliphatic rings. The van der Waals surface area contributed by atoms with Crippen LogP contribution in [0.2, 0.25) is 0 Å². The van der Waals surface area contributed by atoms with E-state index in [4.69, 9.17) is 0 Å². The van der Waals surface area contributed by atoms with E-state index in [0.717, 1.165) is 25.5 Å². The summed E-state index contributed by atoms with van der Waals surface area (Å²) in [6.07, 6.45) is 7.58. The summed E-state index contributed by atoms with van der Waals surface area (Å²) in [6, 6.07) is 8.71. The van der Waals surface area contributed by atoms with Gasteiger partial charge in [0.1, 0.15) is 6.29 Å². The third kappa shape index (κ3) is 3.32. The van der Waals surface area contributed by atoms with Gasteiger partial charge in [-0.05, 0) is 43.7 Å². The lowest BCUT2D eigenvalue weighted by Gasteiger charge is -2.21. The van der Waals surface area contributed by atoms with Gasteiger partial charge in [-0.1, -0.05) is 18.2 Å². The number of para-hydroxylation sites is 1. The molecule has 2 nitrogen and oxygen atoms in total. The molecule has 0 saturated carbocycles. The van der Waals surface area contributed by atoms with Crippen LogP contribution in [0.25, 0.3) is 0 Å². The van der Waals surface area contributed by atoms with Crippen LogP contribution in [0.5, 0.6) is 0 Å². The van der Waals surface area contributed by atoms with Gasteiger partial charge in [-0.3, -0.25) is 0 Å². The van der Waals surface area contributed by atoms with Crippen molar-refractivity contribution in [3.05, 3.63) is 29.8 Å². The Kier molecular flexibility index (Phi) is 4.60. The van der Waals surface area contributed by atoms with Crippen LogP contribution in [-0.2, 0) is 11.2 Å². The molecule has 1 saturated heterocycles. The van der Waals surface area contributed by atoms with Crippen molar-refractivity contribution < 1.29 is 4.79 Å². The zero-order valence-electron chi connectivity index (χ0n) is 10.4. The van der Waals surface area contributed by atoms with Gasteiger partial charge >= 0.3 is 0 Å². The number of anilines is 1. The molecule has 0 radical (unpaired) electrons. The number of nitrogens with zero attached hydrogens (tertiary/aromatic N) is 1. The molecular formula is C15H21NO. The van der Waals surface area contributed by atoms with Crippen molar-refractivity contribution in [2.24, 2.45) is 0 Å². The molecule has 0 spiro atoms. The molecular weight excluding hydrogens is 210 g/mol. The van der Waals surface area contributed by atoms with E-state index in [1.165, 1.54) is 37.2 Å². The summed E-state index contributed by atoms with van der Waals surface area (Å²) in [4.78, 5) is 12.8. The lowest BCUT2D eigenvalue weighted by molar-refractivity contribution is -0.107. The first kappa shape index (κ1) is 12.2. The van der Waals surface area contributed by atoms with E-state index in [1.807, 2.05) is 0 Å². The predicted molar refractivity (Wildman–Crippen MR) is 71.5 cm³/mol. The highest BCUT2D eigenvalue weighted by atomic mass is 16.1. The van der Waals surface area contributed by atoms with Crippen LogP contribution in [0.4, 0.5) is 5.69 Å². The van der Waals surface area contributed by atoms with E-state index in [1.54, 1.807) is 0 Å². The fourth-order valence-corrected chi connectivity index (χ4v) is 2.53. The number of aryl methyl sites for hydroxylation is 1. The van der Waals surface area contributed by atoms with Gasteiger partial charge in [-0.25, -0.2) is 0 Å². The maximum absolute atomic E-state index is 10.3.